The van der Waals surface area contributed by atoms with Gasteiger partial charge < -0.3 is 9.47 Å². The molecule has 0 aromatic rings. The standard InChI is InChI=1S/C13H20O4/c1-9(2)5-4-6-12(14)16-7-11-8-17-13(15)10(11)3/h9,11H,3-8H2,1-2H3/t11-/m0/s1. The number of ether oxygens (including phenoxy) is 2. The summed E-state index contributed by atoms with van der Waals surface area (Å²) in [7, 11) is 0. The molecular weight excluding hydrogens is 220 g/mol. The maximum atomic E-state index is 11.4. The summed E-state index contributed by atoms with van der Waals surface area (Å²) in [6, 6.07) is 0. The summed E-state index contributed by atoms with van der Waals surface area (Å²) in [5.41, 5.74) is 0.403. The molecule has 1 saturated heterocycles. The van der Waals surface area contributed by atoms with Crippen LogP contribution >= 0.6 is 0 Å². The van der Waals surface area contributed by atoms with Crippen LogP contribution < -0.4 is 0 Å². The Hall–Kier alpha value is -1.32. The molecule has 1 fully saturated rings. The molecule has 4 nitrogen and oxygen atoms in total. The third-order valence-electron chi connectivity index (χ3n) is 2.78. The topological polar surface area (TPSA) is 52.6 Å². The summed E-state index contributed by atoms with van der Waals surface area (Å²) in [5.74, 6) is -0.163. The van der Waals surface area contributed by atoms with Gasteiger partial charge in [0.2, 0.25) is 0 Å². The van der Waals surface area contributed by atoms with Crippen LogP contribution in [-0.4, -0.2) is 25.2 Å². The van der Waals surface area contributed by atoms with Crippen LogP contribution in [0.25, 0.3) is 0 Å². The van der Waals surface area contributed by atoms with Gasteiger partial charge >= 0.3 is 11.9 Å². The second-order valence-electron chi connectivity index (χ2n) is 4.79. The van der Waals surface area contributed by atoms with E-state index in [2.05, 4.69) is 20.4 Å². The van der Waals surface area contributed by atoms with E-state index in [-0.39, 0.29) is 31.1 Å². The quantitative estimate of drug-likeness (QED) is 0.527. The second-order valence-corrected chi connectivity index (χ2v) is 4.79. The Labute approximate surface area is 102 Å². The molecule has 0 amide bonds. The number of hydrogen-bond acceptors (Lipinski definition) is 4. The van der Waals surface area contributed by atoms with Gasteiger partial charge in [0.15, 0.2) is 0 Å². The van der Waals surface area contributed by atoms with Crippen molar-refractivity contribution in [1.82, 2.24) is 0 Å². The van der Waals surface area contributed by atoms with Crippen molar-refractivity contribution in [3.63, 3.8) is 0 Å². The van der Waals surface area contributed by atoms with Gasteiger partial charge in [-0.2, -0.15) is 0 Å². The lowest BCUT2D eigenvalue weighted by molar-refractivity contribution is -0.144. The molecule has 0 saturated carbocycles. The Morgan fingerprint density at radius 1 is 1.59 bits per heavy atom. The van der Waals surface area contributed by atoms with E-state index in [0.29, 0.717) is 17.9 Å². The molecule has 0 N–H and O–H groups in total. The molecule has 1 heterocycles. The monoisotopic (exact) mass is 240 g/mol. The number of carbonyl (C=O) groups is 2. The Kier molecular flexibility index (Phi) is 5.19. The first-order chi connectivity index (χ1) is 8.00. The molecule has 1 rings (SSSR count). The minimum absolute atomic E-state index is 0.170. The highest BCUT2D eigenvalue weighted by atomic mass is 16.6. The van der Waals surface area contributed by atoms with Gasteiger partial charge in [-0.1, -0.05) is 26.8 Å². The molecule has 0 aromatic heterocycles. The molecule has 17 heavy (non-hydrogen) atoms. The maximum absolute atomic E-state index is 11.4. The van der Waals surface area contributed by atoms with Crippen LogP contribution in [0.4, 0.5) is 0 Å². The van der Waals surface area contributed by atoms with Gasteiger partial charge in [0.25, 0.3) is 0 Å². The lowest BCUT2D eigenvalue weighted by atomic mass is 10.1. The summed E-state index contributed by atoms with van der Waals surface area (Å²) in [6.45, 7) is 8.33. The molecular formula is C13H20O4. The summed E-state index contributed by atoms with van der Waals surface area (Å²) >= 11 is 0. The highest BCUT2D eigenvalue weighted by molar-refractivity contribution is 5.90. The van der Waals surface area contributed by atoms with Gasteiger partial charge in [-0.15, -0.1) is 0 Å². The Morgan fingerprint density at radius 2 is 2.29 bits per heavy atom. The zero-order valence-corrected chi connectivity index (χ0v) is 10.5. The molecule has 0 radical (unpaired) electrons. The van der Waals surface area contributed by atoms with E-state index in [9.17, 15) is 9.59 Å². The molecule has 0 bridgehead atoms. The van der Waals surface area contributed by atoms with Crippen molar-refractivity contribution >= 4 is 11.9 Å². The predicted molar refractivity (Wildman–Crippen MR) is 63.2 cm³/mol. The average Bonchev–Trinajstić information content (AvgIpc) is 2.57. The van der Waals surface area contributed by atoms with E-state index in [4.69, 9.17) is 9.47 Å². The number of carbonyl (C=O) groups excluding carboxylic acids is 2. The fourth-order valence-corrected chi connectivity index (χ4v) is 1.61. The number of rotatable bonds is 6. The molecule has 0 aliphatic carbocycles. The van der Waals surface area contributed by atoms with E-state index in [1.807, 2.05) is 0 Å². The molecule has 96 valence electrons. The minimum Gasteiger partial charge on any atom is -0.465 e. The lowest BCUT2D eigenvalue weighted by Gasteiger charge is -2.09. The van der Waals surface area contributed by atoms with Crippen LogP contribution in [0.15, 0.2) is 12.2 Å². The van der Waals surface area contributed by atoms with E-state index in [0.717, 1.165) is 12.8 Å². The molecule has 1 atom stereocenters. The Balaban J connectivity index is 2.16. The first-order valence-corrected chi connectivity index (χ1v) is 6.02. The van der Waals surface area contributed by atoms with Crippen LogP contribution in [0, 0.1) is 11.8 Å². The number of cyclic esters (lactones) is 1. The molecule has 1 aliphatic rings. The van der Waals surface area contributed by atoms with E-state index in [1.54, 1.807) is 0 Å². The summed E-state index contributed by atoms with van der Waals surface area (Å²) in [6.07, 6.45) is 2.30. The molecule has 0 spiro atoms. The van der Waals surface area contributed by atoms with E-state index in [1.165, 1.54) is 0 Å². The van der Waals surface area contributed by atoms with Gasteiger partial charge in [0, 0.05) is 12.0 Å². The van der Waals surface area contributed by atoms with Gasteiger partial charge in [0.1, 0.15) is 13.2 Å². The van der Waals surface area contributed by atoms with E-state index < -0.39 is 0 Å². The van der Waals surface area contributed by atoms with Crippen molar-refractivity contribution in [3.05, 3.63) is 12.2 Å². The summed E-state index contributed by atoms with van der Waals surface area (Å²) in [5, 5.41) is 0. The fraction of sp³-hybridized carbons (Fsp3) is 0.692. The zero-order chi connectivity index (χ0) is 12.8. The smallest absolute Gasteiger partial charge is 0.333 e. The number of hydrogen-bond donors (Lipinski definition) is 0. The van der Waals surface area contributed by atoms with Crippen LogP contribution in [0.2, 0.25) is 0 Å². The predicted octanol–water partition coefficient (Wildman–Crippen LogP) is 2.09. The molecule has 0 aromatic carbocycles. The highest BCUT2D eigenvalue weighted by Gasteiger charge is 2.29. The van der Waals surface area contributed by atoms with Crippen LogP contribution in [0.1, 0.15) is 33.1 Å². The molecule has 1 aliphatic heterocycles. The molecule has 4 heteroatoms. The third-order valence-corrected chi connectivity index (χ3v) is 2.78. The zero-order valence-electron chi connectivity index (χ0n) is 10.5. The molecule has 0 unspecified atom stereocenters. The normalized spacial score (nSPS) is 19.6. The minimum atomic E-state index is -0.383. The van der Waals surface area contributed by atoms with Gasteiger partial charge in [-0.05, 0) is 12.3 Å². The number of esters is 2. The fourth-order valence-electron chi connectivity index (χ4n) is 1.61. The van der Waals surface area contributed by atoms with Crippen molar-refractivity contribution < 1.29 is 19.1 Å². The SMILES string of the molecule is C=C1C(=O)OC[C@@H]1COC(=O)CCCC(C)C. The Morgan fingerprint density at radius 3 is 2.82 bits per heavy atom. The van der Waals surface area contributed by atoms with Crippen molar-refractivity contribution in [1.29, 1.82) is 0 Å². The van der Waals surface area contributed by atoms with E-state index >= 15 is 0 Å². The largest absolute Gasteiger partial charge is 0.465 e. The van der Waals surface area contributed by atoms with Gasteiger partial charge in [0.05, 0.1) is 5.92 Å². The summed E-state index contributed by atoms with van der Waals surface area (Å²) in [4.78, 5) is 22.4. The summed E-state index contributed by atoms with van der Waals surface area (Å²) < 4.78 is 9.89. The average molecular weight is 240 g/mol. The lowest BCUT2D eigenvalue weighted by Crippen LogP contribution is -2.15. The van der Waals surface area contributed by atoms with Gasteiger partial charge in [-0.25, -0.2) is 4.79 Å². The highest BCUT2D eigenvalue weighted by Crippen LogP contribution is 2.19. The second kappa shape index (κ2) is 6.42. The van der Waals surface area contributed by atoms with Crippen molar-refractivity contribution in [2.75, 3.05) is 13.2 Å². The van der Waals surface area contributed by atoms with Crippen molar-refractivity contribution in [3.8, 4) is 0 Å². The Bertz CT molecular complexity index is 307. The third kappa shape index (κ3) is 4.59. The van der Waals surface area contributed by atoms with Crippen LogP contribution in [0.5, 0.6) is 0 Å². The van der Waals surface area contributed by atoms with Crippen LogP contribution in [0.3, 0.4) is 0 Å². The first kappa shape index (κ1) is 13.7. The van der Waals surface area contributed by atoms with Crippen molar-refractivity contribution in [2.45, 2.75) is 33.1 Å². The maximum Gasteiger partial charge on any atom is 0.333 e. The van der Waals surface area contributed by atoms with Crippen LogP contribution in [-0.2, 0) is 19.1 Å². The van der Waals surface area contributed by atoms with Crippen molar-refractivity contribution in [2.24, 2.45) is 11.8 Å². The van der Waals surface area contributed by atoms with Gasteiger partial charge in [-0.3, -0.25) is 4.79 Å². The first-order valence-electron chi connectivity index (χ1n) is 6.02.